The van der Waals surface area contributed by atoms with E-state index < -0.39 is 10.7 Å². The van der Waals surface area contributed by atoms with Crippen LogP contribution < -0.4 is 0 Å². The van der Waals surface area contributed by atoms with Crippen LogP contribution in [0.1, 0.15) is 0 Å². The Hall–Kier alpha value is -1.98. The summed E-state index contributed by atoms with van der Waals surface area (Å²) in [5, 5.41) is 10.7. The maximum absolute atomic E-state index is 11.3. The summed E-state index contributed by atoms with van der Waals surface area (Å²) in [6.45, 7) is 0. The molecule has 19 heavy (non-hydrogen) atoms. The number of rotatable bonds is 2. The highest BCUT2D eigenvalue weighted by molar-refractivity contribution is 6.57. The van der Waals surface area contributed by atoms with E-state index in [0.717, 1.165) is 0 Å². The molecule has 0 bridgehead atoms. The summed E-state index contributed by atoms with van der Waals surface area (Å²) in [5.74, 6) is -0.496. The quantitative estimate of drug-likeness (QED) is 0.476. The van der Waals surface area contributed by atoms with Gasteiger partial charge in [0.15, 0.2) is 0 Å². The van der Waals surface area contributed by atoms with Gasteiger partial charge in [-0.05, 0) is 18.2 Å². The minimum Gasteiger partial charge on any atom is -0.287 e. The topological polar surface area (TPSA) is 72.6 Å². The molecule has 0 aliphatic heterocycles. The van der Waals surface area contributed by atoms with Gasteiger partial charge < -0.3 is 0 Å². The van der Waals surface area contributed by atoms with E-state index in [1.807, 2.05) is 0 Å². The molecule has 1 aromatic rings. The number of nitro benzene ring substituents is 1. The van der Waals surface area contributed by atoms with Gasteiger partial charge in [-0.15, -0.1) is 0 Å². The highest BCUT2D eigenvalue weighted by atomic mass is 35.5. The van der Waals surface area contributed by atoms with Gasteiger partial charge >= 0.3 is 0 Å². The molecule has 0 fully saturated rings. The van der Waals surface area contributed by atoms with Gasteiger partial charge in [-0.3, -0.25) is 14.9 Å². The van der Waals surface area contributed by atoms with Gasteiger partial charge in [-0.25, -0.2) is 4.99 Å². The maximum atomic E-state index is 11.3. The molecule has 0 N–H and O–H groups in total. The summed E-state index contributed by atoms with van der Waals surface area (Å²) in [5.41, 5.74) is 0.308. The molecule has 2 rings (SSSR count). The minimum absolute atomic E-state index is 0.0789. The van der Waals surface area contributed by atoms with Crippen molar-refractivity contribution in [3.05, 3.63) is 56.6 Å². The SMILES string of the molecule is O=C1C(Cl)=CC(=Nc2ccccc2[N+](=O)[O-])C=C1Cl. The van der Waals surface area contributed by atoms with E-state index in [-0.39, 0.29) is 27.2 Å². The van der Waals surface area contributed by atoms with Crippen LogP contribution in [-0.4, -0.2) is 16.4 Å². The van der Waals surface area contributed by atoms with E-state index in [1.165, 1.54) is 30.4 Å². The number of allylic oxidation sites excluding steroid dienone is 4. The Labute approximate surface area is 118 Å². The average molecular weight is 297 g/mol. The number of hydrogen-bond donors (Lipinski definition) is 0. The van der Waals surface area contributed by atoms with Crippen LogP contribution in [0.2, 0.25) is 0 Å². The fraction of sp³-hybridized carbons (Fsp3) is 0. The molecular weight excluding hydrogens is 291 g/mol. The lowest BCUT2D eigenvalue weighted by molar-refractivity contribution is -0.384. The van der Waals surface area contributed by atoms with Crippen molar-refractivity contribution in [3.8, 4) is 0 Å². The molecular formula is C12H6Cl2N2O3. The highest BCUT2D eigenvalue weighted by Crippen LogP contribution is 2.28. The number of halogens is 2. The van der Waals surface area contributed by atoms with Crippen molar-refractivity contribution in [1.82, 2.24) is 0 Å². The van der Waals surface area contributed by atoms with Crippen LogP contribution in [-0.2, 0) is 4.79 Å². The Bertz CT molecular complexity index is 639. The Kier molecular flexibility index (Phi) is 3.78. The third-order valence-corrected chi connectivity index (χ3v) is 2.87. The monoisotopic (exact) mass is 296 g/mol. The third-order valence-electron chi connectivity index (χ3n) is 2.31. The molecule has 96 valence electrons. The highest BCUT2D eigenvalue weighted by Gasteiger charge is 2.18. The number of ketones is 1. The summed E-state index contributed by atoms with van der Waals surface area (Å²) in [6.07, 6.45) is 2.62. The number of nitro groups is 1. The number of carbonyl (C=O) groups is 1. The molecule has 0 radical (unpaired) electrons. The third kappa shape index (κ3) is 2.89. The number of hydrogen-bond acceptors (Lipinski definition) is 4. The molecule has 0 unspecified atom stereocenters. The van der Waals surface area contributed by atoms with E-state index in [9.17, 15) is 14.9 Å². The predicted molar refractivity (Wildman–Crippen MR) is 73.1 cm³/mol. The minimum atomic E-state index is -0.538. The molecule has 0 saturated heterocycles. The molecule has 0 amide bonds. The zero-order valence-electron chi connectivity index (χ0n) is 9.34. The number of nitrogens with zero attached hydrogens (tertiary/aromatic N) is 2. The van der Waals surface area contributed by atoms with Gasteiger partial charge in [0.1, 0.15) is 5.69 Å². The van der Waals surface area contributed by atoms with Gasteiger partial charge in [0.05, 0.1) is 20.7 Å². The fourth-order valence-electron chi connectivity index (χ4n) is 1.46. The van der Waals surface area contributed by atoms with Crippen LogP contribution >= 0.6 is 23.2 Å². The van der Waals surface area contributed by atoms with E-state index in [4.69, 9.17) is 23.2 Å². The summed E-state index contributed by atoms with van der Waals surface area (Å²) in [4.78, 5) is 25.7. The number of Topliss-reactive ketones (excluding diaryl/α,β-unsaturated/α-hetero) is 1. The van der Waals surface area contributed by atoms with Crippen molar-refractivity contribution in [2.45, 2.75) is 0 Å². The molecule has 0 aromatic heterocycles. The normalized spacial score (nSPS) is 14.8. The summed E-state index contributed by atoms with van der Waals surface area (Å²) in [6, 6.07) is 5.99. The van der Waals surface area contributed by atoms with Crippen LogP contribution in [0, 0.1) is 10.1 Å². The molecule has 0 atom stereocenters. The molecule has 1 aromatic carbocycles. The first-order valence-corrected chi connectivity index (χ1v) is 5.86. The first-order chi connectivity index (χ1) is 8.99. The van der Waals surface area contributed by atoms with Crippen molar-refractivity contribution in [1.29, 1.82) is 0 Å². The van der Waals surface area contributed by atoms with E-state index in [1.54, 1.807) is 6.07 Å². The summed E-state index contributed by atoms with van der Waals surface area (Å²) in [7, 11) is 0. The van der Waals surface area contributed by atoms with E-state index in [0.29, 0.717) is 0 Å². The standard InChI is InChI=1S/C12H6Cl2N2O3/c13-8-5-7(6-9(14)12(8)17)15-10-3-1-2-4-11(10)16(18)19/h1-6H. The Morgan fingerprint density at radius 3 is 2.26 bits per heavy atom. The molecule has 7 heteroatoms. The molecule has 0 heterocycles. The lowest BCUT2D eigenvalue weighted by Crippen LogP contribution is -2.07. The van der Waals surface area contributed by atoms with Crippen molar-refractivity contribution >= 4 is 46.1 Å². The second kappa shape index (κ2) is 5.34. The lowest BCUT2D eigenvalue weighted by atomic mass is 10.1. The zero-order chi connectivity index (χ0) is 14.0. The number of carbonyl (C=O) groups excluding carboxylic acids is 1. The Morgan fingerprint density at radius 2 is 1.68 bits per heavy atom. The lowest BCUT2D eigenvalue weighted by Gasteiger charge is -2.05. The van der Waals surface area contributed by atoms with E-state index in [2.05, 4.69) is 4.99 Å². The maximum Gasteiger partial charge on any atom is 0.294 e. The summed E-state index contributed by atoms with van der Waals surface area (Å²) < 4.78 is 0. The number of para-hydroxylation sites is 2. The number of benzene rings is 1. The van der Waals surface area contributed by atoms with Crippen LogP contribution in [0.4, 0.5) is 11.4 Å². The van der Waals surface area contributed by atoms with Gasteiger partial charge in [0, 0.05) is 6.07 Å². The van der Waals surface area contributed by atoms with E-state index >= 15 is 0 Å². The fourth-order valence-corrected chi connectivity index (χ4v) is 1.94. The second-order valence-corrected chi connectivity index (χ2v) is 4.41. The number of aliphatic imine (C=N–C) groups is 1. The van der Waals surface area contributed by atoms with Crippen molar-refractivity contribution < 1.29 is 9.72 Å². The van der Waals surface area contributed by atoms with Gasteiger partial charge in [0.2, 0.25) is 5.78 Å². The Morgan fingerprint density at radius 1 is 1.11 bits per heavy atom. The van der Waals surface area contributed by atoms with Crippen LogP contribution in [0.15, 0.2) is 51.5 Å². The van der Waals surface area contributed by atoms with Crippen LogP contribution in [0.5, 0.6) is 0 Å². The predicted octanol–water partition coefficient (Wildman–Crippen LogP) is 3.50. The molecule has 0 saturated carbocycles. The Balaban J connectivity index is 2.49. The zero-order valence-corrected chi connectivity index (χ0v) is 10.9. The first-order valence-electron chi connectivity index (χ1n) is 5.10. The molecule has 5 nitrogen and oxygen atoms in total. The van der Waals surface area contributed by atoms with Crippen molar-refractivity contribution in [2.75, 3.05) is 0 Å². The molecule has 1 aliphatic rings. The van der Waals surface area contributed by atoms with Crippen molar-refractivity contribution in [3.63, 3.8) is 0 Å². The van der Waals surface area contributed by atoms with Gasteiger partial charge in [-0.1, -0.05) is 35.3 Å². The van der Waals surface area contributed by atoms with Gasteiger partial charge in [-0.2, -0.15) is 0 Å². The average Bonchev–Trinajstić information content (AvgIpc) is 2.36. The van der Waals surface area contributed by atoms with Gasteiger partial charge in [0.25, 0.3) is 5.69 Å². The molecule has 0 spiro atoms. The summed E-state index contributed by atoms with van der Waals surface area (Å²) >= 11 is 11.4. The van der Waals surface area contributed by atoms with Crippen LogP contribution in [0.3, 0.4) is 0 Å². The smallest absolute Gasteiger partial charge is 0.287 e. The van der Waals surface area contributed by atoms with Crippen molar-refractivity contribution in [2.24, 2.45) is 4.99 Å². The first kappa shape index (κ1) is 13.5. The van der Waals surface area contributed by atoms with Crippen LogP contribution in [0.25, 0.3) is 0 Å². The largest absolute Gasteiger partial charge is 0.294 e. The second-order valence-electron chi connectivity index (χ2n) is 3.60. The molecule has 1 aliphatic carbocycles.